The van der Waals surface area contributed by atoms with Crippen molar-refractivity contribution in [3.8, 4) is 0 Å². The molecular weight excluding hydrogens is 260 g/mol. The lowest BCUT2D eigenvalue weighted by Crippen LogP contribution is -2.12. The molecule has 0 aliphatic carbocycles. The van der Waals surface area contributed by atoms with Gasteiger partial charge in [-0.1, -0.05) is 0 Å². The molecule has 0 bridgehead atoms. The predicted molar refractivity (Wildman–Crippen MR) is 62.7 cm³/mol. The second kappa shape index (κ2) is 7.56. The number of nitrogens with one attached hydrogen (secondary N) is 1. The smallest absolute Gasteiger partial charge is 0.222 e. The molecule has 1 heterocycles. The van der Waals surface area contributed by atoms with E-state index in [-0.39, 0.29) is 0 Å². The van der Waals surface area contributed by atoms with Gasteiger partial charge in [0, 0.05) is 32.1 Å². The fourth-order valence-corrected chi connectivity index (χ4v) is 1.17. The van der Waals surface area contributed by atoms with E-state index in [9.17, 15) is 0 Å². The van der Waals surface area contributed by atoms with E-state index in [2.05, 4.69) is 31.2 Å². The van der Waals surface area contributed by atoms with Crippen molar-refractivity contribution >= 4 is 21.9 Å². The summed E-state index contributed by atoms with van der Waals surface area (Å²) in [6.45, 7) is 2.70. The predicted octanol–water partition coefficient (Wildman–Crippen LogP) is 1.02. The molecule has 0 spiro atoms. The number of hydrogen-bond acceptors (Lipinski definition) is 5. The van der Waals surface area contributed by atoms with Crippen LogP contribution in [0.25, 0.3) is 0 Å². The van der Waals surface area contributed by atoms with Crippen molar-refractivity contribution in [2.45, 2.75) is 6.42 Å². The third-order valence-corrected chi connectivity index (χ3v) is 2.04. The molecule has 0 amide bonds. The van der Waals surface area contributed by atoms with Crippen LogP contribution in [0.15, 0.2) is 16.9 Å². The summed E-state index contributed by atoms with van der Waals surface area (Å²) in [5, 5.41) is 3.09. The highest BCUT2D eigenvalue weighted by Gasteiger charge is 1.94. The molecular formula is C9H15BrN4O. The Balaban J connectivity index is 2.07. The summed E-state index contributed by atoms with van der Waals surface area (Å²) >= 11 is 3.27. The van der Waals surface area contributed by atoms with Gasteiger partial charge in [0.05, 0.1) is 11.1 Å². The van der Waals surface area contributed by atoms with Crippen molar-refractivity contribution < 1.29 is 4.74 Å². The molecule has 0 aromatic carbocycles. The van der Waals surface area contributed by atoms with Gasteiger partial charge in [-0.25, -0.2) is 9.97 Å². The summed E-state index contributed by atoms with van der Waals surface area (Å²) in [5.41, 5.74) is 5.28. The lowest BCUT2D eigenvalue weighted by atomic mass is 10.4. The highest BCUT2D eigenvalue weighted by molar-refractivity contribution is 9.10. The summed E-state index contributed by atoms with van der Waals surface area (Å²) in [7, 11) is 0. The van der Waals surface area contributed by atoms with Crippen molar-refractivity contribution in [1.82, 2.24) is 9.97 Å². The van der Waals surface area contributed by atoms with Crippen LogP contribution in [-0.2, 0) is 4.74 Å². The second-order valence-electron chi connectivity index (χ2n) is 2.91. The molecule has 0 unspecified atom stereocenters. The third kappa shape index (κ3) is 5.66. The van der Waals surface area contributed by atoms with E-state index in [1.807, 2.05) is 0 Å². The topological polar surface area (TPSA) is 73.1 Å². The quantitative estimate of drug-likeness (QED) is 0.727. The van der Waals surface area contributed by atoms with Crippen LogP contribution in [0.5, 0.6) is 0 Å². The average molecular weight is 275 g/mol. The van der Waals surface area contributed by atoms with Gasteiger partial charge in [-0.2, -0.15) is 0 Å². The molecule has 0 radical (unpaired) electrons. The Morgan fingerprint density at radius 2 is 2.07 bits per heavy atom. The molecule has 84 valence electrons. The molecule has 6 heteroatoms. The zero-order valence-corrected chi connectivity index (χ0v) is 10.0. The number of rotatable bonds is 7. The molecule has 15 heavy (non-hydrogen) atoms. The van der Waals surface area contributed by atoms with Gasteiger partial charge >= 0.3 is 0 Å². The SMILES string of the molecule is NCCOCCCNc1ncc(Br)cn1. The van der Waals surface area contributed by atoms with Gasteiger partial charge in [0.25, 0.3) is 0 Å². The molecule has 0 aliphatic heterocycles. The number of nitrogens with zero attached hydrogens (tertiary/aromatic N) is 2. The van der Waals surface area contributed by atoms with E-state index < -0.39 is 0 Å². The molecule has 0 fully saturated rings. The maximum absolute atomic E-state index is 5.28. The van der Waals surface area contributed by atoms with E-state index in [0.29, 0.717) is 25.7 Å². The molecule has 1 rings (SSSR count). The van der Waals surface area contributed by atoms with Crippen LogP contribution in [0.2, 0.25) is 0 Å². The van der Waals surface area contributed by atoms with Crippen LogP contribution in [0, 0.1) is 0 Å². The molecule has 0 aliphatic rings. The highest BCUT2D eigenvalue weighted by atomic mass is 79.9. The first-order chi connectivity index (χ1) is 7.33. The highest BCUT2D eigenvalue weighted by Crippen LogP contribution is 2.06. The number of halogens is 1. The summed E-state index contributed by atoms with van der Waals surface area (Å²) in [6, 6.07) is 0. The number of ether oxygens (including phenoxy) is 1. The molecule has 0 saturated heterocycles. The maximum Gasteiger partial charge on any atom is 0.222 e. The first kappa shape index (κ1) is 12.4. The lowest BCUT2D eigenvalue weighted by Gasteiger charge is -2.04. The Hall–Kier alpha value is -0.720. The normalized spacial score (nSPS) is 10.3. The minimum Gasteiger partial charge on any atom is -0.380 e. The van der Waals surface area contributed by atoms with Gasteiger partial charge in [0.2, 0.25) is 5.95 Å². The zero-order valence-electron chi connectivity index (χ0n) is 8.45. The molecule has 0 saturated carbocycles. The Morgan fingerprint density at radius 3 is 2.73 bits per heavy atom. The first-order valence-electron chi connectivity index (χ1n) is 4.82. The third-order valence-electron chi connectivity index (χ3n) is 1.63. The Kier molecular flexibility index (Phi) is 6.22. The van der Waals surface area contributed by atoms with Crippen LogP contribution in [0.3, 0.4) is 0 Å². The summed E-state index contributed by atoms with van der Waals surface area (Å²) in [4.78, 5) is 8.16. The minimum absolute atomic E-state index is 0.573. The van der Waals surface area contributed by atoms with E-state index in [4.69, 9.17) is 10.5 Å². The van der Waals surface area contributed by atoms with Gasteiger partial charge in [-0.05, 0) is 22.4 Å². The minimum atomic E-state index is 0.573. The largest absolute Gasteiger partial charge is 0.380 e. The Bertz CT molecular complexity index is 267. The monoisotopic (exact) mass is 274 g/mol. The van der Waals surface area contributed by atoms with E-state index in [0.717, 1.165) is 17.4 Å². The standard InChI is InChI=1S/C9H15BrN4O/c10-8-6-13-9(14-7-8)12-3-1-4-15-5-2-11/h6-7H,1-5,11H2,(H,12,13,14). The van der Waals surface area contributed by atoms with Crippen LogP contribution >= 0.6 is 15.9 Å². The lowest BCUT2D eigenvalue weighted by molar-refractivity contribution is 0.141. The molecule has 0 atom stereocenters. The number of anilines is 1. The second-order valence-corrected chi connectivity index (χ2v) is 3.82. The van der Waals surface area contributed by atoms with Crippen LogP contribution in [0.1, 0.15) is 6.42 Å². The van der Waals surface area contributed by atoms with Gasteiger partial charge in [-0.15, -0.1) is 0 Å². The van der Waals surface area contributed by atoms with E-state index in [1.165, 1.54) is 0 Å². The first-order valence-corrected chi connectivity index (χ1v) is 5.61. The number of hydrogen-bond donors (Lipinski definition) is 2. The van der Waals surface area contributed by atoms with Crippen molar-refractivity contribution in [1.29, 1.82) is 0 Å². The van der Waals surface area contributed by atoms with E-state index in [1.54, 1.807) is 12.4 Å². The maximum atomic E-state index is 5.28. The average Bonchev–Trinajstić information content (AvgIpc) is 2.26. The summed E-state index contributed by atoms with van der Waals surface area (Å²) < 4.78 is 6.10. The van der Waals surface area contributed by atoms with Crippen LogP contribution < -0.4 is 11.1 Å². The van der Waals surface area contributed by atoms with Crippen LogP contribution in [0.4, 0.5) is 5.95 Å². The summed E-state index contributed by atoms with van der Waals surface area (Å²) in [5.74, 6) is 0.636. The van der Waals surface area contributed by atoms with Crippen molar-refractivity contribution in [3.63, 3.8) is 0 Å². The molecule has 3 N–H and O–H groups in total. The molecule has 1 aromatic rings. The van der Waals surface area contributed by atoms with Crippen LogP contribution in [-0.4, -0.2) is 36.3 Å². The van der Waals surface area contributed by atoms with Gasteiger partial charge in [0.15, 0.2) is 0 Å². The fraction of sp³-hybridized carbons (Fsp3) is 0.556. The van der Waals surface area contributed by atoms with Crippen molar-refractivity contribution in [3.05, 3.63) is 16.9 Å². The number of aromatic nitrogens is 2. The fourth-order valence-electron chi connectivity index (χ4n) is 0.963. The van der Waals surface area contributed by atoms with Gasteiger partial charge in [0.1, 0.15) is 0 Å². The van der Waals surface area contributed by atoms with Gasteiger partial charge in [-0.3, -0.25) is 0 Å². The van der Waals surface area contributed by atoms with Crippen molar-refractivity contribution in [2.75, 3.05) is 31.6 Å². The number of nitrogens with two attached hydrogens (primary N) is 1. The molecule has 1 aromatic heterocycles. The van der Waals surface area contributed by atoms with Crippen molar-refractivity contribution in [2.24, 2.45) is 5.73 Å². The Morgan fingerprint density at radius 1 is 1.33 bits per heavy atom. The summed E-state index contributed by atoms with van der Waals surface area (Å²) in [6.07, 6.45) is 4.33. The Labute approximate surface area is 97.6 Å². The van der Waals surface area contributed by atoms with E-state index >= 15 is 0 Å². The van der Waals surface area contributed by atoms with Gasteiger partial charge < -0.3 is 15.8 Å². The molecule has 5 nitrogen and oxygen atoms in total. The zero-order chi connectivity index (χ0) is 10.9.